The van der Waals surface area contributed by atoms with E-state index in [1.165, 1.54) is 63.1 Å². The quantitative estimate of drug-likeness (QED) is 0.303. The number of likely N-dealkylation sites (tertiary alicyclic amines) is 1. The molecule has 2 aromatic heterocycles. The van der Waals surface area contributed by atoms with Crippen LogP contribution in [0.5, 0.6) is 0 Å². The van der Waals surface area contributed by atoms with Gasteiger partial charge in [-0.15, -0.1) is 0 Å². The van der Waals surface area contributed by atoms with Gasteiger partial charge in [0.15, 0.2) is 5.82 Å². The standard InChI is InChI=1S/C32H40F3N3/c1-20-8-10-25-22(9-11-24(20)25)17-23-18-29-30(36-23)19-28(35)32(37-29)31-26(33)15-21(16-27(31)34)7-3-6-14-38-12-4-2-5-13-38/h15-16,18-20,22,24-25,36H,2-14,17H2,1H3. The molecule has 2 aliphatic carbocycles. The van der Waals surface area contributed by atoms with Gasteiger partial charge in [0.2, 0.25) is 0 Å². The van der Waals surface area contributed by atoms with Gasteiger partial charge in [0.05, 0.1) is 16.6 Å². The summed E-state index contributed by atoms with van der Waals surface area (Å²) in [5, 5.41) is 0. The molecule has 1 aliphatic heterocycles. The summed E-state index contributed by atoms with van der Waals surface area (Å²) in [6.07, 6.45) is 12.4. The van der Waals surface area contributed by atoms with Gasteiger partial charge < -0.3 is 9.88 Å². The summed E-state index contributed by atoms with van der Waals surface area (Å²) in [6, 6.07) is 5.98. The Morgan fingerprint density at radius 1 is 0.868 bits per heavy atom. The first kappa shape index (κ1) is 25.9. The van der Waals surface area contributed by atoms with E-state index in [0.717, 1.165) is 62.3 Å². The molecular formula is C32H40F3N3. The van der Waals surface area contributed by atoms with Gasteiger partial charge in [-0.05, 0) is 125 Å². The molecule has 3 aromatic rings. The molecule has 0 bridgehead atoms. The van der Waals surface area contributed by atoms with Crippen LogP contribution < -0.4 is 0 Å². The molecule has 1 aromatic carbocycles. The predicted molar refractivity (Wildman–Crippen MR) is 146 cm³/mol. The highest BCUT2D eigenvalue weighted by atomic mass is 19.1. The Labute approximate surface area is 224 Å². The number of fused-ring (bicyclic) bond motifs is 2. The third kappa shape index (κ3) is 5.25. The Kier molecular flexibility index (Phi) is 7.52. The van der Waals surface area contributed by atoms with Gasteiger partial charge in [0.25, 0.3) is 0 Å². The number of aromatic nitrogens is 2. The number of nitrogens with zero attached hydrogens (tertiary/aromatic N) is 2. The lowest BCUT2D eigenvalue weighted by atomic mass is 9.87. The number of hydrogen-bond donors (Lipinski definition) is 1. The molecule has 4 unspecified atom stereocenters. The summed E-state index contributed by atoms with van der Waals surface area (Å²) in [5.74, 6) is 0.892. The van der Waals surface area contributed by atoms with Crippen molar-refractivity contribution in [2.75, 3.05) is 19.6 Å². The van der Waals surface area contributed by atoms with Crippen molar-refractivity contribution in [3.05, 3.63) is 53.0 Å². The maximum Gasteiger partial charge on any atom is 0.151 e. The number of hydrogen-bond acceptors (Lipinski definition) is 2. The van der Waals surface area contributed by atoms with Gasteiger partial charge >= 0.3 is 0 Å². The van der Waals surface area contributed by atoms with Gasteiger partial charge in [0, 0.05) is 11.8 Å². The van der Waals surface area contributed by atoms with Gasteiger partial charge in [-0.3, -0.25) is 0 Å². The Morgan fingerprint density at radius 2 is 1.63 bits per heavy atom. The van der Waals surface area contributed by atoms with Gasteiger partial charge in [-0.1, -0.05) is 19.8 Å². The second-order valence-corrected chi connectivity index (χ2v) is 12.3. The number of H-pyrrole nitrogens is 1. The Bertz CT molecular complexity index is 1260. The third-order valence-electron chi connectivity index (χ3n) is 9.78. The fourth-order valence-electron chi connectivity index (χ4n) is 7.76. The lowest BCUT2D eigenvalue weighted by Crippen LogP contribution is -2.30. The average molecular weight is 524 g/mol. The minimum atomic E-state index is -0.745. The van der Waals surface area contributed by atoms with Gasteiger partial charge in [0.1, 0.15) is 17.3 Å². The second kappa shape index (κ2) is 11.0. The van der Waals surface area contributed by atoms with Crippen molar-refractivity contribution in [3.8, 4) is 11.3 Å². The van der Waals surface area contributed by atoms with Crippen molar-refractivity contribution in [2.45, 2.75) is 77.6 Å². The zero-order valence-corrected chi connectivity index (χ0v) is 22.5. The molecule has 0 radical (unpaired) electrons. The molecule has 4 atom stereocenters. The topological polar surface area (TPSA) is 31.9 Å². The molecule has 3 nitrogen and oxygen atoms in total. The smallest absolute Gasteiger partial charge is 0.151 e. The molecule has 1 N–H and O–H groups in total. The van der Waals surface area contributed by atoms with Gasteiger partial charge in [-0.2, -0.15) is 0 Å². The number of rotatable bonds is 8. The molecular weight excluding hydrogens is 483 g/mol. The van der Waals surface area contributed by atoms with Crippen LogP contribution in [-0.2, 0) is 12.8 Å². The van der Waals surface area contributed by atoms with Crippen molar-refractivity contribution >= 4 is 11.0 Å². The first-order valence-corrected chi connectivity index (χ1v) is 14.8. The highest BCUT2D eigenvalue weighted by molar-refractivity contribution is 5.80. The fourth-order valence-corrected chi connectivity index (χ4v) is 7.76. The van der Waals surface area contributed by atoms with Crippen LogP contribution in [0.1, 0.15) is 76.0 Å². The number of nitrogens with one attached hydrogen (secondary N) is 1. The van der Waals surface area contributed by atoms with Crippen molar-refractivity contribution in [1.82, 2.24) is 14.9 Å². The second-order valence-electron chi connectivity index (χ2n) is 12.3. The number of aromatic amines is 1. The first-order valence-electron chi connectivity index (χ1n) is 14.8. The zero-order valence-electron chi connectivity index (χ0n) is 22.5. The van der Waals surface area contributed by atoms with E-state index in [1.54, 1.807) is 0 Å². The number of aryl methyl sites for hydroxylation is 1. The molecule has 3 heterocycles. The van der Waals surface area contributed by atoms with Crippen molar-refractivity contribution < 1.29 is 13.2 Å². The maximum atomic E-state index is 15.1. The first-order chi connectivity index (χ1) is 18.5. The predicted octanol–water partition coefficient (Wildman–Crippen LogP) is 8.07. The number of pyridine rings is 1. The lowest BCUT2D eigenvalue weighted by molar-refractivity contribution is 0.225. The fraction of sp³-hybridized carbons (Fsp3) is 0.594. The van der Waals surface area contributed by atoms with Crippen LogP contribution in [0.4, 0.5) is 13.2 Å². The molecule has 2 saturated carbocycles. The van der Waals surface area contributed by atoms with E-state index in [-0.39, 0.29) is 11.3 Å². The molecule has 0 amide bonds. The third-order valence-corrected chi connectivity index (χ3v) is 9.78. The summed E-state index contributed by atoms with van der Waals surface area (Å²) >= 11 is 0. The van der Waals surface area contributed by atoms with Crippen LogP contribution in [0.15, 0.2) is 24.3 Å². The molecule has 3 fully saturated rings. The molecule has 6 rings (SSSR count). The monoisotopic (exact) mass is 523 g/mol. The van der Waals surface area contributed by atoms with E-state index in [2.05, 4.69) is 21.8 Å². The zero-order chi connectivity index (χ0) is 26.2. The number of piperidine rings is 1. The van der Waals surface area contributed by atoms with Crippen LogP contribution in [0.3, 0.4) is 0 Å². The van der Waals surface area contributed by atoms with E-state index in [0.29, 0.717) is 28.9 Å². The van der Waals surface area contributed by atoms with Crippen molar-refractivity contribution in [3.63, 3.8) is 0 Å². The highest BCUT2D eigenvalue weighted by Gasteiger charge is 2.42. The lowest BCUT2D eigenvalue weighted by Gasteiger charge is -2.26. The minimum absolute atomic E-state index is 0.250. The van der Waals surface area contributed by atoms with Gasteiger partial charge in [-0.25, -0.2) is 18.2 Å². The van der Waals surface area contributed by atoms with Crippen molar-refractivity contribution in [1.29, 1.82) is 0 Å². The number of benzene rings is 1. The summed E-state index contributed by atoms with van der Waals surface area (Å²) < 4.78 is 45.4. The van der Waals surface area contributed by atoms with E-state index < -0.39 is 17.5 Å². The summed E-state index contributed by atoms with van der Waals surface area (Å²) in [6.45, 7) is 5.73. The van der Waals surface area contributed by atoms with Crippen LogP contribution in [0.2, 0.25) is 0 Å². The number of unbranched alkanes of at least 4 members (excludes halogenated alkanes) is 1. The molecule has 38 heavy (non-hydrogen) atoms. The van der Waals surface area contributed by atoms with E-state index in [1.807, 2.05) is 6.07 Å². The Hall–Kier alpha value is -2.34. The van der Waals surface area contributed by atoms with Crippen LogP contribution >= 0.6 is 0 Å². The highest BCUT2D eigenvalue weighted by Crippen LogP contribution is 2.51. The SMILES string of the molecule is CC1CCC2C(Cc3cc4nc(-c5c(F)cc(CCCCN6CCCCC6)cc5F)c(F)cc4[nH]3)CCC12. The summed E-state index contributed by atoms with van der Waals surface area (Å²) in [7, 11) is 0. The maximum absolute atomic E-state index is 15.1. The van der Waals surface area contributed by atoms with E-state index in [9.17, 15) is 0 Å². The van der Waals surface area contributed by atoms with Crippen molar-refractivity contribution in [2.24, 2.45) is 23.7 Å². The molecule has 6 heteroatoms. The van der Waals surface area contributed by atoms with Crippen LogP contribution in [0, 0.1) is 41.1 Å². The Balaban J connectivity index is 1.15. The largest absolute Gasteiger partial charge is 0.357 e. The molecule has 204 valence electrons. The molecule has 3 aliphatic rings. The summed E-state index contributed by atoms with van der Waals surface area (Å²) in [4.78, 5) is 10.2. The van der Waals surface area contributed by atoms with Crippen LogP contribution in [-0.4, -0.2) is 34.5 Å². The molecule has 1 saturated heterocycles. The Morgan fingerprint density at radius 3 is 2.42 bits per heavy atom. The molecule has 0 spiro atoms. The number of halogens is 3. The van der Waals surface area contributed by atoms with E-state index in [4.69, 9.17) is 0 Å². The normalized spacial score (nSPS) is 25.9. The summed E-state index contributed by atoms with van der Waals surface area (Å²) in [5.41, 5.74) is 2.18. The van der Waals surface area contributed by atoms with Crippen LogP contribution in [0.25, 0.3) is 22.3 Å². The minimum Gasteiger partial charge on any atom is -0.357 e. The average Bonchev–Trinajstić information content (AvgIpc) is 3.59. The van der Waals surface area contributed by atoms with E-state index >= 15 is 13.2 Å².